The maximum Gasteiger partial charge on any atom is 0.320 e. The molecule has 0 unspecified atom stereocenters. The number of hydrogen-bond donors (Lipinski definition) is 2. The smallest absolute Gasteiger partial charge is 0.320 e. The van der Waals surface area contributed by atoms with Crippen LogP contribution in [0.15, 0.2) is 22.7 Å². The predicted octanol–water partition coefficient (Wildman–Crippen LogP) is 3.98. The molecule has 2 N–H and O–H groups in total. The van der Waals surface area contributed by atoms with E-state index in [1.54, 1.807) is 6.92 Å². The number of nitrogens with one attached hydrogen (secondary N) is 2. The Kier molecular flexibility index (Phi) is 4.55. The molecule has 24 heavy (non-hydrogen) atoms. The lowest BCUT2D eigenvalue weighted by Crippen LogP contribution is -2.49. The highest BCUT2D eigenvalue weighted by atomic mass is 16.5. The molecule has 1 saturated carbocycles. The zero-order chi connectivity index (χ0) is 17.2. The third-order valence-electron chi connectivity index (χ3n) is 4.76. The summed E-state index contributed by atoms with van der Waals surface area (Å²) < 4.78 is 5.39. The summed E-state index contributed by atoms with van der Waals surface area (Å²) in [7, 11) is 0. The third-order valence-corrected chi connectivity index (χ3v) is 4.76. The van der Waals surface area contributed by atoms with E-state index in [1.807, 2.05) is 32.0 Å². The van der Waals surface area contributed by atoms with Crippen molar-refractivity contribution in [3.05, 3.63) is 41.0 Å². The molecule has 0 bridgehead atoms. The van der Waals surface area contributed by atoms with Gasteiger partial charge in [0.25, 0.3) is 5.89 Å². The van der Waals surface area contributed by atoms with Gasteiger partial charge in [0.15, 0.2) is 5.82 Å². The minimum absolute atomic E-state index is 0.240. The van der Waals surface area contributed by atoms with Crippen LogP contribution in [-0.2, 0) is 5.54 Å². The predicted molar refractivity (Wildman–Crippen MR) is 91.9 cm³/mol. The van der Waals surface area contributed by atoms with E-state index in [4.69, 9.17) is 4.52 Å². The lowest BCUT2D eigenvalue weighted by Gasteiger charge is -2.34. The van der Waals surface area contributed by atoms with E-state index in [2.05, 4.69) is 20.8 Å². The number of benzene rings is 1. The summed E-state index contributed by atoms with van der Waals surface area (Å²) in [6.45, 7) is 5.87. The van der Waals surface area contributed by atoms with Crippen LogP contribution in [-0.4, -0.2) is 16.2 Å². The number of amides is 2. The Morgan fingerprint density at radius 1 is 1.12 bits per heavy atom. The number of urea groups is 1. The van der Waals surface area contributed by atoms with Crippen LogP contribution < -0.4 is 10.6 Å². The summed E-state index contributed by atoms with van der Waals surface area (Å²) >= 11 is 0. The number of hydrogen-bond acceptors (Lipinski definition) is 4. The number of rotatable bonds is 3. The first kappa shape index (κ1) is 16.5. The third kappa shape index (κ3) is 3.42. The number of aryl methyl sites for hydroxylation is 3. The first-order valence-electron chi connectivity index (χ1n) is 8.46. The molecule has 6 heteroatoms. The minimum Gasteiger partial charge on any atom is -0.337 e. The lowest BCUT2D eigenvalue weighted by molar-refractivity contribution is 0.173. The molecule has 1 heterocycles. The van der Waals surface area contributed by atoms with E-state index in [1.165, 1.54) is 5.56 Å². The highest BCUT2D eigenvalue weighted by Crippen LogP contribution is 2.36. The molecule has 1 aromatic carbocycles. The monoisotopic (exact) mass is 328 g/mol. The molecular formula is C18H24N4O2. The molecular weight excluding hydrogens is 304 g/mol. The van der Waals surface area contributed by atoms with Crippen molar-refractivity contribution in [2.75, 3.05) is 5.32 Å². The van der Waals surface area contributed by atoms with Crippen LogP contribution in [0.2, 0.25) is 0 Å². The Balaban J connectivity index is 1.77. The second-order valence-electron chi connectivity index (χ2n) is 6.67. The van der Waals surface area contributed by atoms with Crippen molar-refractivity contribution < 1.29 is 9.32 Å². The molecule has 0 spiro atoms. The number of carbonyl (C=O) groups is 1. The molecule has 0 radical (unpaired) electrons. The molecule has 0 saturated heterocycles. The van der Waals surface area contributed by atoms with Crippen molar-refractivity contribution in [1.29, 1.82) is 0 Å². The second kappa shape index (κ2) is 6.63. The van der Waals surface area contributed by atoms with Gasteiger partial charge in [-0.2, -0.15) is 4.98 Å². The molecule has 3 rings (SSSR count). The molecule has 0 atom stereocenters. The van der Waals surface area contributed by atoms with Crippen molar-refractivity contribution in [3.8, 4) is 0 Å². The highest BCUT2D eigenvalue weighted by molar-refractivity contribution is 5.90. The summed E-state index contributed by atoms with van der Waals surface area (Å²) in [6.07, 6.45) is 4.86. The van der Waals surface area contributed by atoms with Gasteiger partial charge in [-0.25, -0.2) is 4.79 Å². The van der Waals surface area contributed by atoms with Crippen molar-refractivity contribution in [2.24, 2.45) is 0 Å². The summed E-state index contributed by atoms with van der Waals surface area (Å²) in [5.74, 6) is 1.10. The largest absolute Gasteiger partial charge is 0.337 e. The van der Waals surface area contributed by atoms with E-state index in [-0.39, 0.29) is 6.03 Å². The van der Waals surface area contributed by atoms with Gasteiger partial charge in [0, 0.05) is 5.69 Å². The van der Waals surface area contributed by atoms with E-state index in [9.17, 15) is 4.79 Å². The maximum absolute atomic E-state index is 12.6. The molecule has 2 amide bonds. The fraction of sp³-hybridized carbons (Fsp3) is 0.500. The maximum atomic E-state index is 12.6. The number of nitrogens with zero attached hydrogens (tertiary/aromatic N) is 2. The quantitative estimate of drug-likeness (QED) is 0.893. The van der Waals surface area contributed by atoms with Gasteiger partial charge in [0.1, 0.15) is 5.54 Å². The Morgan fingerprint density at radius 2 is 1.88 bits per heavy atom. The van der Waals surface area contributed by atoms with E-state index in [0.717, 1.165) is 43.4 Å². The van der Waals surface area contributed by atoms with Crippen molar-refractivity contribution >= 4 is 11.7 Å². The molecule has 1 aliphatic carbocycles. The molecule has 128 valence electrons. The van der Waals surface area contributed by atoms with Crippen molar-refractivity contribution in [3.63, 3.8) is 0 Å². The van der Waals surface area contributed by atoms with Gasteiger partial charge in [-0.05, 0) is 56.9 Å². The molecule has 1 aromatic heterocycles. The number of aromatic nitrogens is 2. The summed E-state index contributed by atoms with van der Waals surface area (Å²) in [6, 6.07) is 5.64. The summed E-state index contributed by atoms with van der Waals surface area (Å²) in [5, 5.41) is 9.91. The van der Waals surface area contributed by atoms with Gasteiger partial charge < -0.3 is 15.2 Å². The van der Waals surface area contributed by atoms with E-state index >= 15 is 0 Å². The van der Waals surface area contributed by atoms with Gasteiger partial charge in [0.2, 0.25) is 0 Å². The SMILES string of the molecule is Cc1noc(C2(NC(=O)Nc3ccc(C)c(C)c3)CCCCC2)n1. The highest BCUT2D eigenvalue weighted by Gasteiger charge is 2.40. The van der Waals surface area contributed by atoms with E-state index < -0.39 is 5.54 Å². The topological polar surface area (TPSA) is 80.0 Å². The van der Waals surface area contributed by atoms with Crippen LogP contribution >= 0.6 is 0 Å². The Morgan fingerprint density at radius 3 is 2.50 bits per heavy atom. The molecule has 2 aromatic rings. The zero-order valence-electron chi connectivity index (χ0n) is 14.5. The van der Waals surface area contributed by atoms with Crippen LogP contribution in [0.3, 0.4) is 0 Å². The van der Waals surface area contributed by atoms with Crippen molar-refractivity contribution in [1.82, 2.24) is 15.5 Å². The molecule has 0 aliphatic heterocycles. The molecule has 6 nitrogen and oxygen atoms in total. The van der Waals surface area contributed by atoms with E-state index in [0.29, 0.717) is 11.7 Å². The molecule has 1 aliphatic rings. The first-order chi connectivity index (χ1) is 11.5. The van der Waals surface area contributed by atoms with Gasteiger partial charge in [-0.3, -0.25) is 0 Å². The Labute approximate surface area is 142 Å². The van der Waals surface area contributed by atoms with Gasteiger partial charge in [0.05, 0.1) is 0 Å². The van der Waals surface area contributed by atoms with Crippen LogP contribution in [0, 0.1) is 20.8 Å². The lowest BCUT2D eigenvalue weighted by atomic mass is 9.81. The first-order valence-corrected chi connectivity index (χ1v) is 8.46. The van der Waals surface area contributed by atoms with Crippen LogP contribution in [0.5, 0.6) is 0 Å². The van der Waals surface area contributed by atoms with Crippen molar-refractivity contribution in [2.45, 2.75) is 58.4 Å². The van der Waals surface area contributed by atoms with Gasteiger partial charge >= 0.3 is 6.03 Å². The fourth-order valence-electron chi connectivity index (χ4n) is 3.24. The average Bonchev–Trinajstić information content (AvgIpc) is 2.99. The van der Waals surface area contributed by atoms with Crippen LogP contribution in [0.1, 0.15) is 54.9 Å². The fourth-order valence-corrected chi connectivity index (χ4v) is 3.24. The average molecular weight is 328 g/mol. The minimum atomic E-state index is -0.566. The Hall–Kier alpha value is -2.37. The normalized spacial score (nSPS) is 16.6. The summed E-state index contributed by atoms with van der Waals surface area (Å²) in [5.41, 5.74) is 2.56. The number of anilines is 1. The summed E-state index contributed by atoms with van der Waals surface area (Å²) in [4.78, 5) is 16.9. The second-order valence-corrected chi connectivity index (χ2v) is 6.67. The van der Waals surface area contributed by atoms with Crippen LogP contribution in [0.25, 0.3) is 0 Å². The van der Waals surface area contributed by atoms with Gasteiger partial charge in [-0.15, -0.1) is 0 Å². The standard InChI is InChI=1S/C18H24N4O2/c1-12-7-8-15(11-13(12)2)20-17(23)21-18(9-5-4-6-10-18)16-19-14(3)22-24-16/h7-8,11H,4-6,9-10H2,1-3H3,(H2,20,21,23). The number of carbonyl (C=O) groups excluding carboxylic acids is 1. The van der Waals surface area contributed by atoms with Crippen LogP contribution in [0.4, 0.5) is 10.5 Å². The molecule has 1 fully saturated rings. The Bertz CT molecular complexity index is 732. The zero-order valence-corrected chi connectivity index (χ0v) is 14.5. The van der Waals surface area contributed by atoms with Gasteiger partial charge in [-0.1, -0.05) is 30.5 Å².